The molecular weight excluding hydrogens is 255 g/mol. The van der Waals surface area contributed by atoms with Crippen LogP contribution < -0.4 is 11.1 Å². The van der Waals surface area contributed by atoms with E-state index < -0.39 is 6.04 Å². The van der Waals surface area contributed by atoms with Gasteiger partial charge in [-0.15, -0.1) is 0 Å². The summed E-state index contributed by atoms with van der Waals surface area (Å²) < 4.78 is 13.6. The molecule has 0 spiro atoms. The molecule has 0 fully saturated rings. The summed E-state index contributed by atoms with van der Waals surface area (Å²) in [5.41, 5.74) is 7.47. The molecule has 0 unspecified atom stereocenters. The van der Waals surface area contributed by atoms with Gasteiger partial charge in [-0.3, -0.25) is 4.79 Å². The predicted molar refractivity (Wildman–Crippen MR) is 76.6 cm³/mol. The normalized spacial score (nSPS) is 11.9. The first-order chi connectivity index (χ1) is 9.61. The first kappa shape index (κ1) is 14.2. The quantitative estimate of drug-likeness (QED) is 0.899. The summed E-state index contributed by atoms with van der Waals surface area (Å²) >= 11 is 0. The molecule has 1 amide bonds. The number of carbonyl (C=O) groups excluding carboxylic acids is 1. The topological polar surface area (TPSA) is 55.1 Å². The Hall–Kier alpha value is -2.20. The molecule has 0 aliphatic carbocycles. The molecular formula is C16H17FN2O. The Kier molecular flexibility index (Phi) is 4.48. The summed E-state index contributed by atoms with van der Waals surface area (Å²) in [6.45, 7) is 2.19. The predicted octanol–water partition coefficient (Wildman–Crippen LogP) is 2.78. The largest absolute Gasteiger partial charge is 0.345 e. The van der Waals surface area contributed by atoms with Crippen LogP contribution in [-0.2, 0) is 6.54 Å². The molecule has 20 heavy (non-hydrogen) atoms. The molecule has 2 aromatic rings. The second kappa shape index (κ2) is 6.30. The van der Waals surface area contributed by atoms with Crippen molar-refractivity contribution in [3.05, 3.63) is 71.0 Å². The zero-order valence-corrected chi connectivity index (χ0v) is 11.3. The lowest BCUT2D eigenvalue weighted by molar-refractivity contribution is 0.0939. The fourth-order valence-electron chi connectivity index (χ4n) is 1.98. The van der Waals surface area contributed by atoms with Gasteiger partial charge in [-0.25, -0.2) is 4.39 Å². The Morgan fingerprint density at radius 1 is 1.20 bits per heavy atom. The summed E-state index contributed by atoms with van der Waals surface area (Å²) in [6.07, 6.45) is 0. The number of rotatable bonds is 4. The molecule has 1 atom stereocenters. The second-order valence-corrected chi connectivity index (χ2v) is 4.62. The van der Waals surface area contributed by atoms with Crippen molar-refractivity contribution in [1.29, 1.82) is 0 Å². The lowest BCUT2D eigenvalue weighted by Crippen LogP contribution is -2.27. The van der Waals surface area contributed by atoms with Crippen LogP contribution in [0.2, 0.25) is 0 Å². The maximum absolute atomic E-state index is 13.6. The number of nitrogens with one attached hydrogen (secondary N) is 1. The van der Waals surface area contributed by atoms with Crippen LogP contribution in [0.4, 0.5) is 4.39 Å². The van der Waals surface area contributed by atoms with Crippen molar-refractivity contribution < 1.29 is 9.18 Å². The van der Waals surface area contributed by atoms with Crippen LogP contribution in [-0.4, -0.2) is 5.91 Å². The van der Waals surface area contributed by atoms with Gasteiger partial charge >= 0.3 is 0 Å². The van der Waals surface area contributed by atoms with E-state index in [2.05, 4.69) is 5.32 Å². The molecule has 0 heterocycles. The van der Waals surface area contributed by atoms with Gasteiger partial charge in [-0.1, -0.05) is 30.3 Å². The van der Waals surface area contributed by atoms with E-state index in [0.717, 1.165) is 5.56 Å². The zero-order chi connectivity index (χ0) is 14.5. The smallest absolute Gasteiger partial charge is 0.251 e. The Balaban J connectivity index is 2.09. The van der Waals surface area contributed by atoms with Crippen molar-refractivity contribution >= 4 is 5.91 Å². The second-order valence-electron chi connectivity index (χ2n) is 4.62. The number of nitrogens with two attached hydrogens (primary N) is 1. The fraction of sp³-hybridized carbons (Fsp3) is 0.188. The van der Waals surface area contributed by atoms with E-state index in [0.29, 0.717) is 17.7 Å². The van der Waals surface area contributed by atoms with E-state index in [1.807, 2.05) is 12.1 Å². The first-order valence-electron chi connectivity index (χ1n) is 6.46. The van der Waals surface area contributed by atoms with E-state index >= 15 is 0 Å². The molecule has 0 aliphatic heterocycles. The van der Waals surface area contributed by atoms with Crippen LogP contribution in [0.25, 0.3) is 0 Å². The highest BCUT2D eigenvalue weighted by molar-refractivity contribution is 5.94. The van der Waals surface area contributed by atoms with E-state index in [4.69, 9.17) is 5.73 Å². The minimum absolute atomic E-state index is 0.232. The van der Waals surface area contributed by atoms with E-state index in [-0.39, 0.29) is 11.7 Å². The number of benzene rings is 2. The van der Waals surface area contributed by atoms with Crippen LogP contribution >= 0.6 is 0 Å². The number of halogens is 1. The van der Waals surface area contributed by atoms with Crippen LogP contribution in [0.1, 0.15) is 34.5 Å². The fourth-order valence-corrected chi connectivity index (χ4v) is 1.98. The number of carbonyl (C=O) groups is 1. The molecule has 2 rings (SSSR count). The van der Waals surface area contributed by atoms with Gasteiger partial charge < -0.3 is 11.1 Å². The van der Waals surface area contributed by atoms with Crippen molar-refractivity contribution in [2.24, 2.45) is 5.73 Å². The Bertz CT molecular complexity index is 596. The maximum Gasteiger partial charge on any atom is 0.251 e. The van der Waals surface area contributed by atoms with Gasteiger partial charge in [0.05, 0.1) is 6.04 Å². The standard InChI is InChI=1S/C16H17FN2O/c1-11(14-4-2-3-5-15(14)17)19-16(20)13-8-6-12(10-18)7-9-13/h2-9,11H,10,18H2,1H3,(H,19,20)/t11-/m1/s1. The molecule has 0 bridgehead atoms. The summed E-state index contributed by atoms with van der Waals surface area (Å²) in [5, 5.41) is 2.78. The van der Waals surface area contributed by atoms with Gasteiger partial charge in [0.25, 0.3) is 5.91 Å². The van der Waals surface area contributed by atoms with E-state index in [1.54, 1.807) is 37.3 Å². The molecule has 0 saturated carbocycles. The first-order valence-corrected chi connectivity index (χ1v) is 6.46. The Morgan fingerprint density at radius 2 is 1.85 bits per heavy atom. The number of amides is 1. The van der Waals surface area contributed by atoms with Gasteiger partial charge in [0.15, 0.2) is 0 Å². The van der Waals surface area contributed by atoms with Gasteiger partial charge in [0, 0.05) is 17.7 Å². The molecule has 0 radical (unpaired) electrons. The Labute approximate surface area is 117 Å². The van der Waals surface area contributed by atoms with Crippen molar-refractivity contribution in [3.63, 3.8) is 0 Å². The third-order valence-corrected chi connectivity index (χ3v) is 3.17. The summed E-state index contributed by atoms with van der Waals surface area (Å²) in [6, 6.07) is 13.1. The molecule has 0 aliphatic rings. The van der Waals surface area contributed by atoms with Crippen LogP contribution in [0.3, 0.4) is 0 Å². The van der Waals surface area contributed by atoms with Gasteiger partial charge in [0.1, 0.15) is 5.82 Å². The number of hydrogen-bond donors (Lipinski definition) is 2. The molecule has 0 saturated heterocycles. The average Bonchev–Trinajstić information content (AvgIpc) is 2.47. The lowest BCUT2D eigenvalue weighted by atomic mass is 10.1. The molecule has 0 aromatic heterocycles. The zero-order valence-electron chi connectivity index (χ0n) is 11.3. The minimum Gasteiger partial charge on any atom is -0.345 e. The van der Waals surface area contributed by atoms with Gasteiger partial charge in [-0.05, 0) is 30.7 Å². The molecule has 3 nitrogen and oxygen atoms in total. The van der Waals surface area contributed by atoms with Crippen LogP contribution in [0.15, 0.2) is 48.5 Å². The van der Waals surface area contributed by atoms with Crippen LogP contribution in [0, 0.1) is 5.82 Å². The lowest BCUT2D eigenvalue weighted by Gasteiger charge is -2.15. The van der Waals surface area contributed by atoms with Crippen LogP contribution in [0.5, 0.6) is 0 Å². The molecule has 104 valence electrons. The average molecular weight is 272 g/mol. The van der Waals surface area contributed by atoms with Crippen molar-refractivity contribution in [2.75, 3.05) is 0 Å². The highest BCUT2D eigenvalue weighted by atomic mass is 19.1. The summed E-state index contributed by atoms with van der Waals surface area (Å²) in [4.78, 5) is 12.1. The van der Waals surface area contributed by atoms with Crippen molar-refractivity contribution in [2.45, 2.75) is 19.5 Å². The monoisotopic (exact) mass is 272 g/mol. The number of hydrogen-bond acceptors (Lipinski definition) is 2. The van der Waals surface area contributed by atoms with E-state index in [1.165, 1.54) is 6.07 Å². The molecule has 2 aromatic carbocycles. The SMILES string of the molecule is C[C@@H](NC(=O)c1ccc(CN)cc1)c1ccccc1F. The van der Waals surface area contributed by atoms with Crippen molar-refractivity contribution in [1.82, 2.24) is 5.32 Å². The third kappa shape index (κ3) is 3.22. The summed E-state index contributed by atoms with van der Waals surface area (Å²) in [5.74, 6) is -0.553. The molecule has 4 heteroatoms. The minimum atomic E-state index is -0.391. The van der Waals surface area contributed by atoms with Crippen molar-refractivity contribution in [3.8, 4) is 0 Å². The summed E-state index contributed by atoms with van der Waals surface area (Å²) in [7, 11) is 0. The van der Waals surface area contributed by atoms with E-state index in [9.17, 15) is 9.18 Å². The molecule has 3 N–H and O–H groups in total. The highest BCUT2D eigenvalue weighted by Crippen LogP contribution is 2.16. The van der Waals surface area contributed by atoms with Gasteiger partial charge in [0.2, 0.25) is 0 Å². The highest BCUT2D eigenvalue weighted by Gasteiger charge is 2.14. The van der Waals surface area contributed by atoms with Gasteiger partial charge in [-0.2, -0.15) is 0 Å². The maximum atomic E-state index is 13.6. The third-order valence-electron chi connectivity index (χ3n) is 3.17. The Morgan fingerprint density at radius 3 is 2.45 bits per heavy atom.